The molecular formula is C12H22N2OS. The number of carbonyl (C=O) groups excluding carboxylic acids is 1. The number of nitrogens with one attached hydrogen (secondary N) is 2. The zero-order valence-electron chi connectivity index (χ0n) is 10.4. The van der Waals surface area contributed by atoms with Crippen LogP contribution in [-0.4, -0.2) is 24.7 Å². The molecule has 2 rings (SSSR count). The van der Waals surface area contributed by atoms with E-state index in [0.29, 0.717) is 10.7 Å². The maximum Gasteiger partial charge on any atom is 0.233 e. The highest BCUT2D eigenvalue weighted by atomic mass is 32.2. The van der Waals surface area contributed by atoms with Crippen LogP contribution in [0.1, 0.15) is 26.2 Å². The minimum absolute atomic E-state index is 0.197. The van der Waals surface area contributed by atoms with Gasteiger partial charge in [-0.25, -0.2) is 0 Å². The van der Waals surface area contributed by atoms with E-state index in [1.807, 2.05) is 20.2 Å². The van der Waals surface area contributed by atoms with E-state index in [1.165, 1.54) is 12.8 Å². The lowest BCUT2D eigenvalue weighted by molar-refractivity contribution is -0.120. The first-order valence-electron chi connectivity index (χ1n) is 5.75. The molecule has 3 nitrogen and oxygen atoms in total. The Morgan fingerprint density at radius 3 is 2.44 bits per heavy atom. The maximum absolute atomic E-state index is 11.5. The Labute approximate surface area is 103 Å². The van der Waals surface area contributed by atoms with Crippen molar-refractivity contribution in [2.75, 3.05) is 14.1 Å². The monoisotopic (exact) mass is 242 g/mol. The van der Waals surface area contributed by atoms with Gasteiger partial charge in [0.05, 0.1) is 0 Å². The highest BCUT2D eigenvalue weighted by Gasteiger charge is 2.43. The van der Waals surface area contributed by atoms with Crippen molar-refractivity contribution in [1.29, 1.82) is 0 Å². The number of allylic oxidation sites excluding steroid dienone is 1. The van der Waals surface area contributed by atoms with Crippen LogP contribution in [0, 0.1) is 11.8 Å². The lowest BCUT2D eigenvalue weighted by Crippen LogP contribution is -2.21. The summed E-state index contributed by atoms with van der Waals surface area (Å²) < 4.78 is 3.28. The van der Waals surface area contributed by atoms with Crippen LogP contribution in [0.2, 0.25) is 0 Å². The van der Waals surface area contributed by atoms with Gasteiger partial charge in [-0.15, -0.1) is 6.58 Å². The molecule has 0 radical (unpaired) electrons. The molecule has 0 aliphatic heterocycles. The predicted molar refractivity (Wildman–Crippen MR) is 70.2 cm³/mol. The summed E-state index contributed by atoms with van der Waals surface area (Å²) in [6, 6.07) is 0. The number of amides is 1. The van der Waals surface area contributed by atoms with Gasteiger partial charge in [0.1, 0.15) is 0 Å². The standard InChI is InChI=1S/C10H15NOS.C2H7N/c1-3-7-6-8(7)9(12)11-13-10(2)4-5-10;1-3-2/h3,7-8H,1,4-6H2,2H3,(H,11,12);3H,1-2H3. The van der Waals surface area contributed by atoms with Crippen LogP contribution in [0.4, 0.5) is 0 Å². The third-order valence-corrected chi connectivity index (χ3v) is 4.04. The molecule has 0 bridgehead atoms. The summed E-state index contributed by atoms with van der Waals surface area (Å²) >= 11 is 1.60. The van der Waals surface area contributed by atoms with E-state index in [0.717, 1.165) is 6.42 Å². The van der Waals surface area contributed by atoms with Crippen LogP contribution < -0.4 is 10.0 Å². The van der Waals surface area contributed by atoms with E-state index < -0.39 is 0 Å². The first-order valence-corrected chi connectivity index (χ1v) is 6.57. The Kier molecular flexibility index (Phi) is 4.87. The van der Waals surface area contributed by atoms with E-state index in [9.17, 15) is 4.79 Å². The minimum Gasteiger partial charge on any atom is -0.323 e. The molecule has 2 atom stereocenters. The number of rotatable bonds is 4. The first-order chi connectivity index (χ1) is 7.56. The summed E-state index contributed by atoms with van der Waals surface area (Å²) in [6.45, 7) is 5.88. The molecule has 0 saturated heterocycles. The summed E-state index contributed by atoms with van der Waals surface area (Å²) in [4.78, 5) is 11.5. The van der Waals surface area contributed by atoms with Gasteiger partial charge in [-0.1, -0.05) is 6.08 Å². The van der Waals surface area contributed by atoms with Crippen LogP contribution in [0.5, 0.6) is 0 Å². The van der Waals surface area contributed by atoms with E-state index in [4.69, 9.17) is 0 Å². The third-order valence-electron chi connectivity index (χ3n) is 2.83. The van der Waals surface area contributed by atoms with Gasteiger partial charge in [0, 0.05) is 10.7 Å². The number of hydrogen-bond donors (Lipinski definition) is 2. The van der Waals surface area contributed by atoms with Crippen molar-refractivity contribution in [2.45, 2.75) is 30.9 Å². The average Bonchev–Trinajstić information content (AvgIpc) is 3.12. The molecule has 0 aromatic heterocycles. The summed E-state index contributed by atoms with van der Waals surface area (Å²) in [5.41, 5.74) is 0. The Morgan fingerprint density at radius 1 is 1.50 bits per heavy atom. The largest absolute Gasteiger partial charge is 0.323 e. The highest BCUT2D eigenvalue weighted by molar-refractivity contribution is 7.99. The predicted octanol–water partition coefficient (Wildman–Crippen LogP) is 1.96. The van der Waals surface area contributed by atoms with Gasteiger partial charge < -0.3 is 5.32 Å². The lowest BCUT2D eigenvalue weighted by atomic mass is 10.3. The van der Waals surface area contributed by atoms with E-state index in [1.54, 1.807) is 11.9 Å². The molecule has 92 valence electrons. The fourth-order valence-corrected chi connectivity index (χ4v) is 2.11. The van der Waals surface area contributed by atoms with Gasteiger partial charge in [0.25, 0.3) is 0 Å². The van der Waals surface area contributed by atoms with Crippen LogP contribution in [0.25, 0.3) is 0 Å². The highest BCUT2D eigenvalue weighted by Crippen LogP contribution is 2.47. The van der Waals surface area contributed by atoms with Gasteiger partial charge in [-0.2, -0.15) is 0 Å². The second kappa shape index (κ2) is 5.73. The van der Waals surface area contributed by atoms with Gasteiger partial charge in [-0.3, -0.25) is 9.52 Å². The van der Waals surface area contributed by atoms with Crippen molar-refractivity contribution >= 4 is 17.9 Å². The summed E-state index contributed by atoms with van der Waals surface area (Å²) in [5.74, 6) is 0.850. The normalized spacial score (nSPS) is 28.4. The molecule has 2 fully saturated rings. The van der Waals surface area contributed by atoms with Gasteiger partial charge in [0.2, 0.25) is 5.91 Å². The SMILES string of the molecule is C=CC1CC1C(=O)NSC1(C)CC1.CNC. The fraction of sp³-hybridized carbons (Fsp3) is 0.750. The summed E-state index contributed by atoms with van der Waals surface area (Å²) in [6.07, 6.45) is 5.33. The molecule has 2 aliphatic carbocycles. The molecule has 1 amide bonds. The van der Waals surface area contributed by atoms with Gasteiger partial charge >= 0.3 is 0 Å². The Morgan fingerprint density at radius 2 is 2.06 bits per heavy atom. The van der Waals surface area contributed by atoms with Crippen LogP contribution in [0.15, 0.2) is 12.7 Å². The maximum atomic E-state index is 11.5. The van der Waals surface area contributed by atoms with Crippen LogP contribution in [0.3, 0.4) is 0 Å². The fourth-order valence-electron chi connectivity index (χ4n) is 1.30. The molecule has 0 aromatic rings. The summed E-state index contributed by atoms with van der Waals surface area (Å²) in [7, 11) is 3.75. The molecule has 2 N–H and O–H groups in total. The first kappa shape index (κ1) is 13.6. The quantitative estimate of drug-likeness (QED) is 0.585. The van der Waals surface area contributed by atoms with Crippen molar-refractivity contribution in [3.8, 4) is 0 Å². The van der Waals surface area contributed by atoms with Crippen molar-refractivity contribution in [3.05, 3.63) is 12.7 Å². The smallest absolute Gasteiger partial charge is 0.233 e. The zero-order valence-corrected chi connectivity index (χ0v) is 11.2. The topological polar surface area (TPSA) is 41.1 Å². The summed E-state index contributed by atoms with van der Waals surface area (Å²) in [5, 5.41) is 2.75. The molecule has 16 heavy (non-hydrogen) atoms. The second-order valence-electron chi connectivity index (χ2n) is 4.76. The van der Waals surface area contributed by atoms with Crippen molar-refractivity contribution in [3.63, 3.8) is 0 Å². The second-order valence-corrected chi connectivity index (χ2v) is 6.15. The molecule has 2 unspecified atom stereocenters. The van der Waals surface area contributed by atoms with Crippen molar-refractivity contribution in [1.82, 2.24) is 10.0 Å². The minimum atomic E-state index is 0.197. The number of carbonyl (C=O) groups is 1. The molecule has 2 saturated carbocycles. The number of hydrogen-bond acceptors (Lipinski definition) is 3. The van der Waals surface area contributed by atoms with E-state index in [2.05, 4.69) is 23.5 Å². The van der Waals surface area contributed by atoms with Gasteiger partial charge in [-0.05, 0) is 58.1 Å². The lowest BCUT2D eigenvalue weighted by Gasteiger charge is -2.08. The molecule has 4 heteroatoms. The van der Waals surface area contributed by atoms with Crippen LogP contribution >= 0.6 is 11.9 Å². The molecular weight excluding hydrogens is 220 g/mol. The van der Waals surface area contributed by atoms with E-state index >= 15 is 0 Å². The Balaban J connectivity index is 0.000000386. The Hall–Kier alpha value is -0.480. The molecule has 0 heterocycles. The molecule has 2 aliphatic rings. The molecule has 0 aromatic carbocycles. The van der Waals surface area contributed by atoms with Crippen molar-refractivity contribution < 1.29 is 4.79 Å². The van der Waals surface area contributed by atoms with Gasteiger partial charge in [0.15, 0.2) is 0 Å². The Bertz CT molecular complexity index is 264. The third kappa shape index (κ3) is 4.18. The van der Waals surface area contributed by atoms with Crippen LogP contribution in [-0.2, 0) is 4.79 Å². The van der Waals surface area contributed by atoms with Crippen molar-refractivity contribution in [2.24, 2.45) is 11.8 Å². The van der Waals surface area contributed by atoms with E-state index in [-0.39, 0.29) is 11.8 Å². The average molecular weight is 242 g/mol. The zero-order chi connectivity index (χ0) is 12.2. The molecule has 0 spiro atoms.